The summed E-state index contributed by atoms with van der Waals surface area (Å²) in [7, 11) is 1.32. The number of hydrogen-bond acceptors (Lipinski definition) is 6. The number of anilines is 1. The van der Waals surface area contributed by atoms with Crippen molar-refractivity contribution in [2.45, 2.75) is 33.0 Å². The second-order valence-electron chi connectivity index (χ2n) is 9.10. The van der Waals surface area contributed by atoms with E-state index in [0.717, 1.165) is 5.56 Å². The van der Waals surface area contributed by atoms with E-state index in [2.05, 4.69) is 0 Å². The summed E-state index contributed by atoms with van der Waals surface area (Å²) in [6.07, 6.45) is 0. The van der Waals surface area contributed by atoms with Crippen molar-refractivity contribution in [3.63, 3.8) is 0 Å². The molecule has 0 unspecified atom stereocenters. The van der Waals surface area contributed by atoms with Crippen LogP contribution in [0.5, 0.6) is 17.2 Å². The van der Waals surface area contributed by atoms with Crippen LogP contribution in [0.2, 0.25) is 0 Å². The first-order valence-corrected chi connectivity index (χ1v) is 11.4. The van der Waals surface area contributed by atoms with Crippen molar-refractivity contribution in [3.8, 4) is 17.2 Å². The van der Waals surface area contributed by atoms with Gasteiger partial charge in [-0.1, -0.05) is 36.4 Å². The number of amides is 1. The SMILES string of the molecule is COC(=O)c1ccc2c(c1)N(CCOC(C)(C)C)C(=O)c1c(OCc3ccccc3)cccc1O2. The van der Waals surface area contributed by atoms with Crippen molar-refractivity contribution in [1.29, 1.82) is 0 Å². The molecular formula is C28H29NO6. The van der Waals surface area contributed by atoms with Crippen LogP contribution in [0.4, 0.5) is 5.69 Å². The number of carbonyl (C=O) groups is 2. The highest BCUT2D eigenvalue weighted by Crippen LogP contribution is 2.42. The number of hydrogen-bond donors (Lipinski definition) is 0. The summed E-state index contributed by atoms with van der Waals surface area (Å²) in [6, 6.07) is 19.9. The molecule has 35 heavy (non-hydrogen) atoms. The minimum absolute atomic E-state index is 0.254. The van der Waals surface area contributed by atoms with Crippen molar-refractivity contribution in [2.24, 2.45) is 0 Å². The summed E-state index contributed by atoms with van der Waals surface area (Å²) in [5.74, 6) is 0.438. The fourth-order valence-corrected chi connectivity index (χ4v) is 3.75. The van der Waals surface area contributed by atoms with Crippen LogP contribution in [-0.4, -0.2) is 37.7 Å². The highest BCUT2D eigenvalue weighted by molar-refractivity contribution is 6.12. The molecule has 7 nitrogen and oxygen atoms in total. The van der Waals surface area contributed by atoms with Gasteiger partial charge in [0.2, 0.25) is 0 Å². The zero-order chi connectivity index (χ0) is 25.0. The number of carbonyl (C=O) groups excluding carboxylic acids is 2. The summed E-state index contributed by atoms with van der Waals surface area (Å²) >= 11 is 0. The molecule has 0 N–H and O–H groups in total. The lowest BCUT2D eigenvalue weighted by molar-refractivity contribution is 0.00136. The van der Waals surface area contributed by atoms with Crippen LogP contribution >= 0.6 is 0 Å². The molecule has 1 heterocycles. The van der Waals surface area contributed by atoms with Crippen LogP contribution in [0.1, 0.15) is 47.1 Å². The van der Waals surface area contributed by atoms with Crippen molar-refractivity contribution in [1.82, 2.24) is 0 Å². The second kappa shape index (κ2) is 10.2. The van der Waals surface area contributed by atoms with Crippen molar-refractivity contribution >= 4 is 17.6 Å². The number of esters is 1. The molecular weight excluding hydrogens is 446 g/mol. The van der Waals surface area contributed by atoms with E-state index < -0.39 is 5.97 Å². The van der Waals surface area contributed by atoms with Gasteiger partial charge < -0.3 is 23.8 Å². The predicted molar refractivity (Wildman–Crippen MR) is 132 cm³/mol. The van der Waals surface area contributed by atoms with E-state index >= 15 is 0 Å². The highest BCUT2D eigenvalue weighted by atomic mass is 16.5. The van der Waals surface area contributed by atoms with E-state index in [0.29, 0.717) is 47.3 Å². The minimum atomic E-state index is -0.500. The first-order chi connectivity index (χ1) is 16.8. The Morgan fingerprint density at radius 2 is 1.74 bits per heavy atom. The van der Waals surface area contributed by atoms with Crippen molar-refractivity contribution < 1.29 is 28.5 Å². The average Bonchev–Trinajstić information content (AvgIpc) is 2.96. The van der Waals surface area contributed by atoms with E-state index in [9.17, 15) is 9.59 Å². The van der Waals surface area contributed by atoms with E-state index in [4.69, 9.17) is 18.9 Å². The lowest BCUT2D eigenvalue weighted by Gasteiger charge is -2.26. The van der Waals surface area contributed by atoms with Crippen LogP contribution < -0.4 is 14.4 Å². The molecule has 0 aromatic heterocycles. The van der Waals surface area contributed by atoms with Gasteiger partial charge in [0.25, 0.3) is 5.91 Å². The van der Waals surface area contributed by atoms with Gasteiger partial charge in [-0.2, -0.15) is 0 Å². The number of methoxy groups -OCH3 is 1. The van der Waals surface area contributed by atoms with Crippen LogP contribution in [-0.2, 0) is 16.1 Å². The van der Waals surface area contributed by atoms with E-state index in [-0.39, 0.29) is 18.1 Å². The maximum atomic E-state index is 13.9. The maximum Gasteiger partial charge on any atom is 0.337 e. The summed E-state index contributed by atoms with van der Waals surface area (Å²) in [5.41, 5.74) is 1.70. The molecule has 0 radical (unpaired) electrons. The summed E-state index contributed by atoms with van der Waals surface area (Å²) in [6.45, 7) is 6.71. The third-order valence-corrected chi connectivity index (χ3v) is 5.42. The Morgan fingerprint density at radius 3 is 2.46 bits per heavy atom. The monoisotopic (exact) mass is 475 g/mol. The third-order valence-electron chi connectivity index (χ3n) is 5.42. The molecule has 4 rings (SSSR count). The Bertz CT molecular complexity index is 1220. The number of rotatable bonds is 7. The molecule has 0 aliphatic carbocycles. The second-order valence-corrected chi connectivity index (χ2v) is 9.10. The molecule has 1 aliphatic rings. The fourth-order valence-electron chi connectivity index (χ4n) is 3.75. The van der Waals surface area contributed by atoms with Crippen LogP contribution in [0.25, 0.3) is 0 Å². The molecule has 3 aromatic rings. The molecule has 0 fully saturated rings. The normalized spacial score (nSPS) is 12.8. The molecule has 0 spiro atoms. The van der Waals surface area contributed by atoms with Crippen LogP contribution in [0.3, 0.4) is 0 Å². The van der Waals surface area contributed by atoms with Gasteiger partial charge in [0.1, 0.15) is 23.7 Å². The highest BCUT2D eigenvalue weighted by Gasteiger charge is 2.32. The number of benzene rings is 3. The van der Waals surface area contributed by atoms with E-state index in [1.807, 2.05) is 51.1 Å². The maximum absolute atomic E-state index is 13.9. The molecule has 0 bridgehead atoms. The average molecular weight is 476 g/mol. The molecule has 0 saturated heterocycles. The quantitative estimate of drug-likeness (QED) is 0.413. The predicted octanol–water partition coefficient (Wildman–Crippen LogP) is 5.62. The zero-order valence-corrected chi connectivity index (χ0v) is 20.4. The summed E-state index contributed by atoms with van der Waals surface area (Å²) < 4.78 is 23.0. The van der Waals surface area contributed by atoms with Gasteiger partial charge in [-0.15, -0.1) is 0 Å². The Morgan fingerprint density at radius 1 is 0.971 bits per heavy atom. The van der Waals surface area contributed by atoms with E-state index in [1.54, 1.807) is 41.3 Å². The lowest BCUT2D eigenvalue weighted by Crippen LogP contribution is -2.35. The molecule has 1 aliphatic heterocycles. The molecule has 3 aromatic carbocycles. The van der Waals surface area contributed by atoms with Gasteiger partial charge in [-0.25, -0.2) is 4.79 Å². The van der Waals surface area contributed by atoms with Crippen LogP contribution in [0, 0.1) is 0 Å². The molecule has 7 heteroatoms. The largest absolute Gasteiger partial charge is 0.488 e. The molecule has 0 saturated carbocycles. The molecule has 182 valence electrons. The van der Waals surface area contributed by atoms with Crippen molar-refractivity contribution in [3.05, 3.63) is 83.4 Å². The Kier molecular flexibility index (Phi) is 7.07. The van der Waals surface area contributed by atoms with E-state index in [1.165, 1.54) is 7.11 Å². The smallest absolute Gasteiger partial charge is 0.337 e. The first kappa shape index (κ1) is 24.3. The van der Waals surface area contributed by atoms with Crippen LogP contribution in [0.15, 0.2) is 66.7 Å². The number of fused-ring (bicyclic) bond motifs is 2. The Labute approximate surface area is 205 Å². The van der Waals surface area contributed by atoms with Gasteiger partial charge in [0.15, 0.2) is 5.75 Å². The third kappa shape index (κ3) is 5.63. The number of ether oxygens (including phenoxy) is 4. The topological polar surface area (TPSA) is 74.3 Å². The summed E-state index contributed by atoms with van der Waals surface area (Å²) in [4.78, 5) is 27.7. The molecule has 0 atom stereocenters. The number of nitrogens with zero attached hydrogens (tertiary/aromatic N) is 1. The van der Waals surface area contributed by atoms with Gasteiger partial charge in [-0.3, -0.25) is 4.79 Å². The Hall–Kier alpha value is -3.84. The zero-order valence-electron chi connectivity index (χ0n) is 20.4. The van der Waals surface area contributed by atoms with Gasteiger partial charge in [-0.05, 0) is 56.7 Å². The van der Waals surface area contributed by atoms with Gasteiger partial charge >= 0.3 is 5.97 Å². The minimum Gasteiger partial charge on any atom is -0.488 e. The van der Waals surface area contributed by atoms with Gasteiger partial charge in [0, 0.05) is 6.54 Å². The first-order valence-electron chi connectivity index (χ1n) is 11.4. The Balaban J connectivity index is 1.73. The fraction of sp³-hybridized carbons (Fsp3) is 0.286. The van der Waals surface area contributed by atoms with Crippen molar-refractivity contribution in [2.75, 3.05) is 25.2 Å². The molecule has 1 amide bonds. The standard InChI is InChI=1S/C28H29NO6/c1-28(2,3)34-16-15-29-21-17-20(27(31)32-4)13-14-22(21)35-24-12-8-11-23(25(24)26(29)30)33-18-19-9-6-5-7-10-19/h5-14,17H,15-16,18H2,1-4H3. The van der Waals surface area contributed by atoms with Gasteiger partial charge in [0.05, 0.1) is 30.6 Å². The summed E-state index contributed by atoms with van der Waals surface area (Å²) in [5, 5.41) is 0. The lowest BCUT2D eigenvalue weighted by atomic mass is 10.1.